The molecule has 14 heavy (non-hydrogen) atoms. The van der Waals surface area contributed by atoms with Crippen LogP contribution < -0.4 is 10.5 Å². The van der Waals surface area contributed by atoms with E-state index in [0.29, 0.717) is 0 Å². The third-order valence-electron chi connectivity index (χ3n) is 1.97. The van der Waals surface area contributed by atoms with Crippen LogP contribution in [0, 0.1) is 19.3 Å². The third-order valence-corrected chi connectivity index (χ3v) is 1.97. The Bertz CT molecular complexity index is 350. The van der Waals surface area contributed by atoms with Crippen LogP contribution in [0.15, 0.2) is 18.2 Å². The maximum absolute atomic E-state index is 5.82. The Hall–Kier alpha value is -1.46. The molecule has 1 aromatic rings. The number of hydrogen-bond donors (Lipinski definition) is 1. The van der Waals surface area contributed by atoms with Crippen molar-refractivity contribution < 1.29 is 4.74 Å². The fourth-order valence-electron chi connectivity index (χ4n) is 1.27. The molecule has 0 amide bonds. The van der Waals surface area contributed by atoms with Crippen molar-refractivity contribution in [1.29, 1.82) is 0 Å². The number of ether oxygens (including phenoxy) is 1. The van der Waals surface area contributed by atoms with E-state index in [2.05, 4.69) is 5.92 Å². The average Bonchev–Trinajstić information content (AvgIpc) is 2.15. The highest BCUT2D eigenvalue weighted by Crippen LogP contribution is 2.24. The van der Waals surface area contributed by atoms with Gasteiger partial charge in [0.15, 0.2) is 0 Å². The Morgan fingerprint density at radius 3 is 2.86 bits per heavy atom. The molecule has 0 aliphatic carbocycles. The van der Waals surface area contributed by atoms with Crippen LogP contribution in [0.25, 0.3) is 0 Å². The van der Waals surface area contributed by atoms with Gasteiger partial charge in [0.2, 0.25) is 0 Å². The van der Waals surface area contributed by atoms with Gasteiger partial charge in [-0.2, -0.15) is 0 Å². The molecule has 74 valence electrons. The lowest BCUT2D eigenvalue weighted by atomic mass is 10.1. The lowest BCUT2D eigenvalue weighted by Gasteiger charge is -2.13. The molecule has 0 spiro atoms. The Labute approximate surface area is 85.1 Å². The second kappa shape index (κ2) is 4.69. The standard InChI is InChI=1S/C12H15NO/c1-4-7-14-12-6-5-9(2)8-11(12)10(3)13/h1,5-6,8,10H,7,13H2,2-3H3. The van der Waals surface area contributed by atoms with E-state index in [1.165, 1.54) is 5.56 Å². The van der Waals surface area contributed by atoms with Gasteiger partial charge in [0.1, 0.15) is 12.4 Å². The number of aryl methyl sites for hydroxylation is 1. The van der Waals surface area contributed by atoms with Crippen LogP contribution in [0.1, 0.15) is 24.1 Å². The molecule has 0 aliphatic rings. The lowest BCUT2D eigenvalue weighted by Crippen LogP contribution is -2.08. The number of hydrogen-bond acceptors (Lipinski definition) is 2. The van der Waals surface area contributed by atoms with Crippen molar-refractivity contribution in [3.05, 3.63) is 29.3 Å². The molecule has 2 N–H and O–H groups in total. The number of rotatable bonds is 3. The molecule has 1 atom stereocenters. The smallest absolute Gasteiger partial charge is 0.148 e. The number of terminal acetylenes is 1. The summed E-state index contributed by atoms with van der Waals surface area (Å²) in [4.78, 5) is 0. The van der Waals surface area contributed by atoms with Crippen molar-refractivity contribution >= 4 is 0 Å². The zero-order valence-electron chi connectivity index (χ0n) is 8.58. The summed E-state index contributed by atoms with van der Waals surface area (Å²) in [5.74, 6) is 3.21. The van der Waals surface area contributed by atoms with E-state index in [1.807, 2.05) is 32.0 Å². The molecule has 0 fully saturated rings. The Morgan fingerprint density at radius 2 is 2.29 bits per heavy atom. The van der Waals surface area contributed by atoms with E-state index < -0.39 is 0 Å². The van der Waals surface area contributed by atoms with E-state index in [4.69, 9.17) is 16.9 Å². The minimum atomic E-state index is -0.0392. The minimum Gasteiger partial charge on any atom is -0.481 e. The van der Waals surface area contributed by atoms with Gasteiger partial charge in [0, 0.05) is 11.6 Å². The number of nitrogens with two attached hydrogens (primary N) is 1. The first-order valence-corrected chi connectivity index (χ1v) is 4.57. The van der Waals surface area contributed by atoms with Crippen LogP contribution in [-0.2, 0) is 0 Å². The van der Waals surface area contributed by atoms with E-state index >= 15 is 0 Å². The molecule has 1 aromatic carbocycles. The first kappa shape index (κ1) is 10.6. The van der Waals surface area contributed by atoms with Gasteiger partial charge in [-0.25, -0.2) is 0 Å². The summed E-state index contributed by atoms with van der Waals surface area (Å²) in [5.41, 5.74) is 8.00. The van der Waals surface area contributed by atoms with Crippen molar-refractivity contribution in [3.63, 3.8) is 0 Å². The van der Waals surface area contributed by atoms with Crippen LogP contribution in [0.2, 0.25) is 0 Å². The van der Waals surface area contributed by atoms with E-state index in [-0.39, 0.29) is 12.6 Å². The zero-order valence-corrected chi connectivity index (χ0v) is 8.58. The van der Waals surface area contributed by atoms with Crippen molar-refractivity contribution in [2.45, 2.75) is 19.9 Å². The molecular formula is C12H15NO. The molecule has 0 radical (unpaired) electrons. The fourth-order valence-corrected chi connectivity index (χ4v) is 1.27. The highest BCUT2D eigenvalue weighted by molar-refractivity contribution is 5.38. The van der Waals surface area contributed by atoms with Gasteiger partial charge in [0.25, 0.3) is 0 Å². The molecule has 2 nitrogen and oxygen atoms in total. The maximum atomic E-state index is 5.82. The average molecular weight is 189 g/mol. The number of benzene rings is 1. The highest BCUT2D eigenvalue weighted by Gasteiger charge is 2.07. The molecule has 1 rings (SSSR count). The van der Waals surface area contributed by atoms with Crippen molar-refractivity contribution in [1.82, 2.24) is 0 Å². The van der Waals surface area contributed by atoms with Crippen LogP contribution >= 0.6 is 0 Å². The molecule has 0 saturated heterocycles. The summed E-state index contributed by atoms with van der Waals surface area (Å²) in [7, 11) is 0. The second-order valence-electron chi connectivity index (χ2n) is 3.32. The maximum Gasteiger partial charge on any atom is 0.148 e. The van der Waals surface area contributed by atoms with Crippen molar-refractivity contribution in [2.75, 3.05) is 6.61 Å². The second-order valence-corrected chi connectivity index (χ2v) is 3.32. The van der Waals surface area contributed by atoms with Crippen LogP contribution in [0.5, 0.6) is 5.75 Å². The first-order valence-electron chi connectivity index (χ1n) is 4.57. The normalized spacial score (nSPS) is 11.9. The fraction of sp³-hybridized carbons (Fsp3) is 0.333. The zero-order chi connectivity index (χ0) is 10.6. The predicted octanol–water partition coefficient (Wildman–Crippen LogP) is 2.03. The molecule has 0 saturated carbocycles. The monoisotopic (exact) mass is 189 g/mol. The summed E-state index contributed by atoms with van der Waals surface area (Å²) < 4.78 is 5.39. The van der Waals surface area contributed by atoms with Gasteiger partial charge in [-0.15, -0.1) is 6.42 Å². The summed E-state index contributed by atoms with van der Waals surface area (Å²) in [5, 5.41) is 0. The largest absolute Gasteiger partial charge is 0.481 e. The molecule has 1 unspecified atom stereocenters. The molecular weight excluding hydrogens is 174 g/mol. The quantitative estimate of drug-likeness (QED) is 0.738. The van der Waals surface area contributed by atoms with Gasteiger partial charge >= 0.3 is 0 Å². The molecule has 0 aromatic heterocycles. The van der Waals surface area contributed by atoms with Crippen LogP contribution in [0.4, 0.5) is 0 Å². The van der Waals surface area contributed by atoms with Gasteiger partial charge in [-0.3, -0.25) is 0 Å². The SMILES string of the molecule is C#CCOc1ccc(C)cc1C(C)N. The first-order chi connectivity index (χ1) is 6.65. The Balaban J connectivity index is 2.97. The van der Waals surface area contributed by atoms with Gasteiger partial charge in [-0.1, -0.05) is 23.6 Å². The van der Waals surface area contributed by atoms with E-state index in [9.17, 15) is 0 Å². The highest BCUT2D eigenvalue weighted by atomic mass is 16.5. The predicted molar refractivity (Wildman–Crippen MR) is 58.1 cm³/mol. The van der Waals surface area contributed by atoms with Crippen molar-refractivity contribution in [3.8, 4) is 18.1 Å². The molecule has 0 bridgehead atoms. The Morgan fingerprint density at radius 1 is 1.57 bits per heavy atom. The summed E-state index contributed by atoms with van der Waals surface area (Å²) in [6.45, 7) is 4.23. The summed E-state index contributed by atoms with van der Waals surface area (Å²) >= 11 is 0. The van der Waals surface area contributed by atoms with Crippen molar-refractivity contribution in [2.24, 2.45) is 5.73 Å². The van der Waals surface area contributed by atoms with E-state index in [1.54, 1.807) is 0 Å². The molecule has 0 aliphatic heterocycles. The molecule has 0 heterocycles. The summed E-state index contributed by atoms with van der Waals surface area (Å²) in [6, 6.07) is 5.88. The van der Waals surface area contributed by atoms with Crippen LogP contribution in [-0.4, -0.2) is 6.61 Å². The molecule has 2 heteroatoms. The van der Waals surface area contributed by atoms with E-state index in [0.717, 1.165) is 11.3 Å². The minimum absolute atomic E-state index is 0.0392. The topological polar surface area (TPSA) is 35.2 Å². The Kier molecular flexibility index (Phi) is 3.55. The van der Waals surface area contributed by atoms with Crippen LogP contribution in [0.3, 0.4) is 0 Å². The lowest BCUT2D eigenvalue weighted by molar-refractivity contribution is 0.364. The van der Waals surface area contributed by atoms with Gasteiger partial charge < -0.3 is 10.5 Å². The van der Waals surface area contributed by atoms with Gasteiger partial charge in [-0.05, 0) is 19.9 Å². The van der Waals surface area contributed by atoms with Gasteiger partial charge in [0.05, 0.1) is 0 Å². The summed E-state index contributed by atoms with van der Waals surface area (Å²) in [6.07, 6.45) is 5.13. The third kappa shape index (κ3) is 2.51.